The monoisotopic (exact) mass is 298 g/mol. The second kappa shape index (κ2) is 6.93. The average molecular weight is 299 g/mol. The molecule has 2 rings (SSSR count). The van der Waals surface area contributed by atoms with Crippen LogP contribution in [0.15, 0.2) is 53.4 Å². The Bertz CT molecular complexity index is 502. The molecule has 0 saturated carbocycles. The van der Waals surface area contributed by atoms with Crippen LogP contribution in [0.5, 0.6) is 5.75 Å². The molecule has 0 atom stereocenters. The van der Waals surface area contributed by atoms with Crippen LogP contribution in [0.3, 0.4) is 0 Å². The quantitative estimate of drug-likeness (QED) is 0.557. The van der Waals surface area contributed by atoms with Crippen LogP contribution in [0.4, 0.5) is 0 Å². The fourth-order valence-corrected chi connectivity index (χ4v) is 2.52. The highest BCUT2D eigenvalue weighted by molar-refractivity contribution is 7.99. The molecular weight excluding hydrogens is 287 g/mol. The first-order valence-corrected chi connectivity index (χ1v) is 7.26. The van der Waals surface area contributed by atoms with E-state index < -0.39 is 0 Å². The maximum absolute atomic E-state index is 6.03. The predicted molar refractivity (Wildman–Crippen MR) is 79.1 cm³/mol. The number of rotatable bonds is 5. The van der Waals surface area contributed by atoms with Crippen molar-refractivity contribution < 1.29 is 4.74 Å². The SMILES string of the molecule is Clc1cccc(OCCSc2ccccc2)c1Cl. The van der Waals surface area contributed by atoms with E-state index in [0.29, 0.717) is 22.4 Å². The molecule has 18 heavy (non-hydrogen) atoms. The van der Waals surface area contributed by atoms with Crippen molar-refractivity contribution in [1.82, 2.24) is 0 Å². The lowest BCUT2D eigenvalue weighted by atomic mass is 10.3. The molecule has 0 N–H and O–H groups in total. The van der Waals surface area contributed by atoms with Gasteiger partial charge in [0.1, 0.15) is 10.8 Å². The number of ether oxygens (including phenoxy) is 1. The normalized spacial score (nSPS) is 10.3. The number of hydrogen-bond acceptors (Lipinski definition) is 2. The Morgan fingerprint density at radius 3 is 2.50 bits per heavy atom. The third kappa shape index (κ3) is 3.84. The van der Waals surface area contributed by atoms with Gasteiger partial charge in [-0.05, 0) is 24.3 Å². The Morgan fingerprint density at radius 1 is 0.944 bits per heavy atom. The molecule has 0 saturated heterocycles. The molecule has 4 heteroatoms. The molecule has 0 bridgehead atoms. The van der Waals surface area contributed by atoms with Crippen molar-refractivity contribution in [1.29, 1.82) is 0 Å². The largest absolute Gasteiger partial charge is 0.491 e. The van der Waals surface area contributed by atoms with Crippen LogP contribution in [-0.4, -0.2) is 12.4 Å². The minimum Gasteiger partial charge on any atom is -0.491 e. The highest BCUT2D eigenvalue weighted by atomic mass is 35.5. The molecule has 94 valence electrons. The Labute approximate surface area is 121 Å². The third-order valence-electron chi connectivity index (χ3n) is 2.27. The van der Waals surface area contributed by atoms with Crippen molar-refractivity contribution >= 4 is 35.0 Å². The van der Waals surface area contributed by atoms with E-state index >= 15 is 0 Å². The van der Waals surface area contributed by atoms with Gasteiger partial charge in [-0.1, -0.05) is 47.5 Å². The molecule has 0 aliphatic carbocycles. The van der Waals surface area contributed by atoms with Crippen LogP contribution in [0.25, 0.3) is 0 Å². The van der Waals surface area contributed by atoms with Gasteiger partial charge in [0.2, 0.25) is 0 Å². The summed E-state index contributed by atoms with van der Waals surface area (Å²) in [6.45, 7) is 0.597. The van der Waals surface area contributed by atoms with Crippen LogP contribution in [0, 0.1) is 0 Å². The van der Waals surface area contributed by atoms with Gasteiger partial charge in [0, 0.05) is 10.6 Å². The van der Waals surface area contributed by atoms with Gasteiger partial charge in [-0.3, -0.25) is 0 Å². The molecule has 0 amide bonds. The van der Waals surface area contributed by atoms with E-state index in [-0.39, 0.29) is 0 Å². The fraction of sp³-hybridized carbons (Fsp3) is 0.143. The van der Waals surface area contributed by atoms with E-state index in [1.165, 1.54) is 4.90 Å². The van der Waals surface area contributed by atoms with Crippen molar-refractivity contribution in [2.24, 2.45) is 0 Å². The first kappa shape index (κ1) is 13.6. The van der Waals surface area contributed by atoms with E-state index in [9.17, 15) is 0 Å². The summed E-state index contributed by atoms with van der Waals surface area (Å²) in [7, 11) is 0. The number of hydrogen-bond donors (Lipinski definition) is 0. The summed E-state index contributed by atoms with van der Waals surface area (Å²) in [5, 5.41) is 0.994. The van der Waals surface area contributed by atoms with Crippen molar-refractivity contribution in [3.63, 3.8) is 0 Å². The molecule has 0 aliphatic heterocycles. The van der Waals surface area contributed by atoms with E-state index in [2.05, 4.69) is 12.1 Å². The summed E-state index contributed by atoms with van der Waals surface area (Å²) in [5.41, 5.74) is 0. The Balaban J connectivity index is 1.81. The fourth-order valence-electron chi connectivity index (χ4n) is 1.42. The maximum Gasteiger partial charge on any atom is 0.139 e. The van der Waals surface area contributed by atoms with Gasteiger partial charge in [-0.2, -0.15) is 0 Å². The first-order valence-electron chi connectivity index (χ1n) is 5.52. The highest BCUT2D eigenvalue weighted by Gasteiger charge is 2.04. The molecule has 1 nitrogen and oxygen atoms in total. The molecule has 0 fully saturated rings. The molecule has 0 radical (unpaired) electrons. The van der Waals surface area contributed by atoms with Crippen LogP contribution in [0.1, 0.15) is 0 Å². The van der Waals surface area contributed by atoms with E-state index in [4.69, 9.17) is 27.9 Å². The van der Waals surface area contributed by atoms with Crippen molar-refractivity contribution in [3.05, 3.63) is 58.6 Å². The first-order chi connectivity index (χ1) is 8.77. The third-order valence-corrected chi connectivity index (χ3v) is 4.05. The molecule has 0 aromatic heterocycles. The summed E-state index contributed by atoms with van der Waals surface area (Å²) in [6.07, 6.45) is 0. The van der Waals surface area contributed by atoms with Gasteiger partial charge < -0.3 is 4.74 Å². The Hall–Kier alpha value is -0.830. The summed E-state index contributed by atoms with van der Waals surface area (Å²) in [5.74, 6) is 1.50. The van der Waals surface area contributed by atoms with Gasteiger partial charge in [0.25, 0.3) is 0 Å². The second-order valence-electron chi connectivity index (χ2n) is 3.56. The zero-order chi connectivity index (χ0) is 12.8. The minimum absolute atomic E-state index is 0.476. The lowest BCUT2D eigenvalue weighted by molar-refractivity contribution is 0.344. The highest BCUT2D eigenvalue weighted by Crippen LogP contribution is 2.31. The smallest absolute Gasteiger partial charge is 0.139 e. The summed E-state index contributed by atoms with van der Waals surface area (Å²) in [4.78, 5) is 1.23. The van der Waals surface area contributed by atoms with E-state index in [0.717, 1.165) is 5.75 Å². The zero-order valence-electron chi connectivity index (χ0n) is 9.61. The van der Waals surface area contributed by atoms with Crippen LogP contribution < -0.4 is 4.74 Å². The number of thioether (sulfide) groups is 1. The molecule has 0 aliphatic rings. The molecule has 2 aromatic rings. The Morgan fingerprint density at radius 2 is 1.72 bits per heavy atom. The van der Waals surface area contributed by atoms with Gasteiger partial charge in [-0.15, -0.1) is 11.8 Å². The van der Waals surface area contributed by atoms with Crippen molar-refractivity contribution in [2.45, 2.75) is 4.90 Å². The molecule has 0 heterocycles. The van der Waals surface area contributed by atoms with Gasteiger partial charge in [0.05, 0.1) is 11.6 Å². The van der Waals surface area contributed by atoms with Crippen molar-refractivity contribution in [3.8, 4) is 5.75 Å². The summed E-state index contributed by atoms with van der Waals surface area (Å²) < 4.78 is 5.60. The lowest BCUT2D eigenvalue weighted by Crippen LogP contribution is -2.00. The minimum atomic E-state index is 0.476. The van der Waals surface area contributed by atoms with Gasteiger partial charge in [0.15, 0.2) is 0 Å². The predicted octanol–water partition coefficient (Wildman–Crippen LogP) is 5.16. The average Bonchev–Trinajstić information content (AvgIpc) is 2.40. The number of halogens is 2. The topological polar surface area (TPSA) is 9.23 Å². The van der Waals surface area contributed by atoms with Gasteiger partial charge in [-0.25, -0.2) is 0 Å². The maximum atomic E-state index is 6.03. The Kier molecular flexibility index (Phi) is 5.24. The van der Waals surface area contributed by atoms with E-state index in [1.807, 2.05) is 30.3 Å². The van der Waals surface area contributed by atoms with Gasteiger partial charge >= 0.3 is 0 Å². The van der Waals surface area contributed by atoms with Crippen LogP contribution in [0.2, 0.25) is 10.0 Å². The van der Waals surface area contributed by atoms with Crippen molar-refractivity contribution in [2.75, 3.05) is 12.4 Å². The zero-order valence-corrected chi connectivity index (χ0v) is 11.9. The molecule has 0 unspecified atom stereocenters. The molecule has 2 aromatic carbocycles. The second-order valence-corrected chi connectivity index (χ2v) is 5.52. The van der Waals surface area contributed by atoms with Crippen LogP contribution in [-0.2, 0) is 0 Å². The standard InChI is InChI=1S/C14H12Cl2OS/c15-12-7-4-8-13(14(12)16)17-9-10-18-11-5-2-1-3-6-11/h1-8H,9-10H2. The summed E-state index contributed by atoms with van der Waals surface area (Å²) >= 11 is 13.7. The van der Waals surface area contributed by atoms with Crippen LogP contribution >= 0.6 is 35.0 Å². The van der Waals surface area contributed by atoms with E-state index in [1.54, 1.807) is 17.8 Å². The molecule has 0 spiro atoms. The molecular formula is C14H12Cl2OS. The summed E-state index contributed by atoms with van der Waals surface area (Å²) in [6, 6.07) is 15.6. The number of benzene rings is 2. The lowest BCUT2D eigenvalue weighted by Gasteiger charge is -2.08.